The third-order valence-electron chi connectivity index (χ3n) is 5.30. The number of aliphatic hydroxyl groups is 1. The van der Waals surface area contributed by atoms with E-state index in [1.165, 1.54) is 0 Å². The van der Waals surface area contributed by atoms with Crippen LogP contribution in [0.1, 0.15) is 32.6 Å². The summed E-state index contributed by atoms with van der Waals surface area (Å²) in [5.41, 5.74) is 6.94. The van der Waals surface area contributed by atoms with Crippen molar-refractivity contribution in [2.24, 2.45) is 0 Å². The Labute approximate surface area is 162 Å². The molecule has 1 saturated carbocycles. The minimum absolute atomic E-state index is 0.0639. The van der Waals surface area contributed by atoms with Gasteiger partial charge in [-0.05, 0) is 50.1 Å². The normalized spacial score (nSPS) is 19.6. The number of nitrogens with zero attached hydrogens (tertiary/aromatic N) is 4. The molecule has 8 nitrogen and oxygen atoms in total. The smallest absolute Gasteiger partial charge is 0.262 e. The van der Waals surface area contributed by atoms with E-state index in [1.54, 1.807) is 23.2 Å². The standard InChI is InChI=1S/C20H24N6O2/c1-2-26-8-7-12-9-16(13-10-22-20(21)23-11-13)25-18(17(12)19(26)28)24-14-3-5-15(27)6-4-14/h7-11,14-15,27H,2-6H2,1H3,(H,24,25)(H2,21,22,23). The molecule has 0 bridgehead atoms. The van der Waals surface area contributed by atoms with Crippen LogP contribution in [0.3, 0.4) is 0 Å². The molecule has 0 unspecified atom stereocenters. The van der Waals surface area contributed by atoms with Crippen molar-refractivity contribution in [3.05, 3.63) is 41.1 Å². The van der Waals surface area contributed by atoms with Gasteiger partial charge in [-0.1, -0.05) is 0 Å². The van der Waals surface area contributed by atoms with Gasteiger partial charge in [0.05, 0.1) is 17.2 Å². The fourth-order valence-corrected chi connectivity index (χ4v) is 3.69. The van der Waals surface area contributed by atoms with Crippen molar-refractivity contribution in [3.63, 3.8) is 0 Å². The Bertz CT molecular complexity index is 1040. The Hall–Kier alpha value is -3.00. The molecule has 3 aromatic heterocycles. The molecule has 0 atom stereocenters. The van der Waals surface area contributed by atoms with E-state index in [9.17, 15) is 9.90 Å². The second kappa shape index (κ2) is 7.55. The maximum atomic E-state index is 13.0. The molecule has 1 fully saturated rings. The van der Waals surface area contributed by atoms with E-state index in [0.29, 0.717) is 23.4 Å². The summed E-state index contributed by atoms with van der Waals surface area (Å²) in [6.45, 7) is 2.54. The monoisotopic (exact) mass is 380 g/mol. The van der Waals surface area contributed by atoms with Crippen LogP contribution in [0.5, 0.6) is 0 Å². The van der Waals surface area contributed by atoms with E-state index in [4.69, 9.17) is 10.7 Å². The lowest BCUT2D eigenvalue weighted by molar-refractivity contribution is 0.126. The van der Waals surface area contributed by atoms with Crippen LogP contribution in [-0.2, 0) is 6.54 Å². The minimum atomic E-state index is -0.238. The third kappa shape index (κ3) is 3.55. The molecule has 0 spiro atoms. The number of aliphatic hydroxyl groups excluding tert-OH is 1. The van der Waals surface area contributed by atoms with Crippen LogP contribution in [-0.4, -0.2) is 36.8 Å². The number of aryl methyl sites for hydroxylation is 1. The van der Waals surface area contributed by atoms with Crippen molar-refractivity contribution in [1.29, 1.82) is 0 Å². The first kappa shape index (κ1) is 18.4. The highest BCUT2D eigenvalue weighted by molar-refractivity contribution is 5.93. The van der Waals surface area contributed by atoms with Crippen molar-refractivity contribution in [1.82, 2.24) is 19.5 Å². The molecule has 4 rings (SSSR count). The number of aromatic nitrogens is 4. The number of nitrogens with two attached hydrogens (primary N) is 1. The van der Waals surface area contributed by atoms with Gasteiger partial charge in [0, 0.05) is 36.7 Å². The highest BCUT2D eigenvalue weighted by Crippen LogP contribution is 2.28. The van der Waals surface area contributed by atoms with Gasteiger partial charge in [0.25, 0.3) is 5.56 Å². The fraction of sp³-hybridized carbons (Fsp3) is 0.400. The van der Waals surface area contributed by atoms with Gasteiger partial charge in [-0.25, -0.2) is 15.0 Å². The van der Waals surface area contributed by atoms with Crippen LogP contribution < -0.4 is 16.6 Å². The number of fused-ring (bicyclic) bond motifs is 1. The molecule has 3 aromatic rings. The molecular weight excluding hydrogens is 356 g/mol. The molecule has 0 aliphatic heterocycles. The van der Waals surface area contributed by atoms with Crippen LogP contribution >= 0.6 is 0 Å². The Balaban J connectivity index is 1.83. The van der Waals surface area contributed by atoms with E-state index >= 15 is 0 Å². The molecule has 28 heavy (non-hydrogen) atoms. The van der Waals surface area contributed by atoms with Gasteiger partial charge >= 0.3 is 0 Å². The number of hydrogen-bond acceptors (Lipinski definition) is 7. The Kier molecular flexibility index (Phi) is 4.95. The lowest BCUT2D eigenvalue weighted by Crippen LogP contribution is -2.29. The molecule has 3 heterocycles. The van der Waals surface area contributed by atoms with E-state index in [0.717, 1.165) is 36.6 Å². The predicted molar refractivity (Wildman–Crippen MR) is 109 cm³/mol. The van der Waals surface area contributed by atoms with Gasteiger partial charge in [-0.2, -0.15) is 0 Å². The van der Waals surface area contributed by atoms with Crippen LogP contribution in [0.2, 0.25) is 0 Å². The lowest BCUT2D eigenvalue weighted by Gasteiger charge is -2.27. The van der Waals surface area contributed by atoms with Crippen LogP contribution in [0.15, 0.2) is 35.5 Å². The third-order valence-corrected chi connectivity index (χ3v) is 5.30. The van der Waals surface area contributed by atoms with E-state index in [2.05, 4.69) is 15.3 Å². The van der Waals surface area contributed by atoms with Gasteiger partial charge in [0.15, 0.2) is 0 Å². The molecule has 0 amide bonds. The number of anilines is 2. The van der Waals surface area contributed by atoms with E-state index < -0.39 is 0 Å². The molecule has 8 heteroatoms. The zero-order valence-electron chi connectivity index (χ0n) is 15.8. The van der Waals surface area contributed by atoms with Gasteiger partial charge < -0.3 is 20.7 Å². The van der Waals surface area contributed by atoms with E-state index in [1.807, 2.05) is 19.1 Å². The maximum Gasteiger partial charge on any atom is 0.262 e. The van der Waals surface area contributed by atoms with E-state index in [-0.39, 0.29) is 23.7 Å². The SMILES string of the molecule is CCn1ccc2cc(-c3cnc(N)nc3)nc(NC3CCC(O)CC3)c2c1=O. The number of rotatable bonds is 4. The number of hydrogen-bond donors (Lipinski definition) is 3. The number of nitrogens with one attached hydrogen (secondary N) is 1. The molecule has 1 aliphatic carbocycles. The van der Waals surface area contributed by atoms with Crippen molar-refractivity contribution < 1.29 is 5.11 Å². The van der Waals surface area contributed by atoms with Crippen LogP contribution in [0.4, 0.5) is 11.8 Å². The minimum Gasteiger partial charge on any atom is -0.393 e. The molecular formula is C20H24N6O2. The summed E-state index contributed by atoms with van der Waals surface area (Å²) >= 11 is 0. The lowest BCUT2D eigenvalue weighted by atomic mass is 9.93. The zero-order chi connectivity index (χ0) is 19.7. The average Bonchev–Trinajstić information content (AvgIpc) is 2.70. The van der Waals surface area contributed by atoms with Crippen LogP contribution in [0, 0.1) is 0 Å². The first-order valence-corrected chi connectivity index (χ1v) is 9.62. The second-order valence-corrected chi connectivity index (χ2v) is 7.21. The molecule has 1 aliphatic rings. The number of nitrogen functional groups attached to an aromatic ring is 1. The second-order valence-electron chi connectivity index (χ2n) is 7.21. The molecule has 0 saturated heterocycles. The van der Waals surface area contributed by atoms with Crippen molar-refractivity contribution in [2.75, 3.05) is 11.1 Å². The van der Waals surface area contributed by atoms with Crippen LogP contribution in [0.25, 0.3) is 22.0 Å². The summed E-state index contributed by atoms with van der Waals surface area (Å²) in [5, 5.41) is 14.6. The van der Waals surface area contributed by atoms with Crippen molar-refractivity contribution in [3.8, 4) is 11.3 Å². The summed E-state index contributed by atoms with van der Waals surface area (Å²) in [6.07, 6.45) is 8.01. The van der Waals surface area contributed by atoms with Crippen molar-refractivity contribution in [2.45, 2.75) is 51.3 Å². The number of pyridine rings is 2. The summed E-state index contributed by atoms with van der Waals surface area (Å²) in [5.74, 6) is 0.771. The molecule has 0 aromatic carbocycles. The molecule has 4 N–H and O–H groups in total. The topological polar surface area (TPSA) is 119 Å². The van der Waals surface area contributed by atoms with Crippen molar-refractivity contribution >= 4 is 22.5 Å². The maximum absolute atomic E-state index is 13.0. The zero-order valence-corrected chi connectivity index (χ0v) is 15.8. The van der Waals surface area contributed by atoms with Gasteiger partial charge in [-0.3, -0.25) is 4.79 Å². The predicted octanol–water partition coefficient (Wildman–Crippen LogP) is 2.17. The van der Waals surface area contributed by atoms with Gasteiger partial charge in [0.2, 0.25) is 5.95 Å². The van der Waals surface area contributed by atoms with Gasteiger partial charge in [0.1, 0.15) is 5.82 Å². The highest BCUT2D eigenvalue weighted by Gasteiger charge is 2.21. The average molecular weight is 380 g/mol. The Morgan fingerprint density at radius 1 is 1.25 bits per heavy atom. The summed E-state index contributed by atoms with van der Waals surface area (Å²) in [7, 11) is 0. The van der Waals surface area contributed by atoms with Gasteiger partial charge in [-0.15, -0.1) is 0 Å². The quantitative estimate of drug-likeness (QED) is 0.634. The summed E-state index contributed by atoms with van der Waals surface area (Å²) in [4.78, 5) is 25.8. The molecule has 146 valence electrons. The Morgan fingerprint density at radius 3 is 2.64 bits per heavy atom. The Morgan fingerprint density at radius 2 is 1.96 bits per heavy atom. The first-order valence-electron chi connectivity index (χ1n) is 9.62. The first-order chi connectivity index (χ1) is 13.5. The fourth-order valence-electron chi connectivity index (χ4n) is 3.69. The summed E-state index contributed by atoms with van der Waals surface area (Å²) < 4.78 is 1.67. The largest absolute Gasteiger partial charge is 0.393 e. The summed E-state index contributed by atoms with van der Waals surface area (Å²) in [6, 6.07) is 3.98. The highest BCUT2D eigenvalue weighted by atomic mass is 16.3. The molecule has 0 radical (unpaired) electrons.